The first-order chi connectivity index (χ1) is 15.2. The number of hydrogen-bond donors (Lipinski definition) is 2. The second-order valence-corrected chi connectivity index (χ2v) is 7.17. The molecule has 3 N–H and O–H groups in total. The summed E-state index contributed by atoms with van der Waals surface area (Å²) in [4.78, 5) is 29.0. The summed E-state index contributed by atoms with van der Waals surface area (Å²) < 4.78 is 44.9. The summed E-state index contributed by atoms with van der Waals surface area (Å²) in [6, 6.07) is 13.8. The zero-order valence-corrected chi connectivity index (χ0v) is 17.4. The fraction of sp³-hybridized carbons (Fsp3) is 0.273. The van der Waals surface area contributed by atoms with Gasteiger partial charge < -0.3 is 15.4 Å². The first kappa shape index (κ1) is 23.1. The molecule has 7 nitrogen and oxygen atoms in total. The molecule has 1 heterocycles. The summed E-state index contributed by atoms with van der Waals surface area (Å²) in [5, 5.41) is 0. The highest BCUT2D eigenvalue weighted by molar-refractivity contribution is 5.62. The summed E-state index contributed by atoms with van der Waals surface area (Å²) in [7, 11) is 1.49. The highest BCUT2D eigenvalue weighted by atomic mass is 19.4. The van der Waals surface area contributed by atoms with Crippen LogP contribution in [0.15, 0.2) is 64.2 Å². The Hall–Kier alpha value is -3.53. The molecule has 0 fully saturated rings. The number of nitrogen functional groups attached to an aromatic ring is 1. The van der Waals surface area contributed by atoms with Crippen molar-refractivity contribution < 1.29 is 17.9 Å². The van der Waals surface area contributed by atoms with Gasteiger partial charge in [0.25, 0.3) is 5.56 Å². The summed E-state index contributed by atoms with van der Waals surface area (Å²) in [5.41, 5.74) is 5.55. The summed E-state index contributed by atoms with van der Waals surface area (Å²) in [5.74, 6) is -0.0365. The molecule has 0 radical (unpaired) electrons. The monoisotopic (exact) mass is 448 g/mol. The molecular formula is C22H23F3N4O3. The van der Waals surface area contributed by atoms with Crippen LogP contribution in [0.1, 0.15) is 16.7 Å². The second kappa shape index (κ2) is 9.73. The molecule has 0 bridgehead atoms. The van der Waals surface area contributed by atoms with Gasteiger partial charge in [0, 0.05) is 20.2 Å². The fourth-order valence-electron chi connectivity index (χ4n) is 3.30. The third-order valence-electron chi connectivity index (χ3n) is 4.93. The van der Waals surface area contributed by atoms with E-state index in [0.717, 1.165) is 17.7 Å². The lowest BCUT2D eigenvalue weighted by Gasteiger charge is -2.26. The fourth-order valence-corrected chi connectivity index (χ4v) is 3.30. The minimum atomic E-state index is -4.44. The van der Waals surface area contributed by atoms with E-state index in [2.05, 4.69) is 4.98 Å². The van der Waals surface area contributed by atoms with Crippen LogP contribution in [0.2, 0.25) is 0 Å². The summed E-state index contributed by atoms with van der Waals surface area (Å²) in [6.45, 7) is 0.706. The molecule has 0 aliphatic heterocycles. The van der Waals surface area contributed by atoms with Crippen LogP contribution in [0, 0.1) is 0 Å². The van der Waals surface area contributed by atoms with Crippen LogP contribution in [-0.2, 0) is 24.0 Å². The molecule has 0 atom stereocenters. The molecule has 32 heavy (non-hydrogen) atoms. The lowest BCUT2D eigenvalue weighted by molar-refractivity contribution is -0.137. The maximum Gasteiger partial charge on any atom is 0.416 e. The molecule has 10 heteroatoms. The van der Waals surface area contributed by atoms with Crippen molar-refractivity contribution in [3.63, 3.8) is 0 Å². The average Bonchev–Trinajstić information content (AvgIpc) is 2.75. The maximum atomic E-state index is 12.9. The number of aromatic nitrogens is 2. The molecule has 0 saturated heterocycles. The number of nitrogens with zero attached hydrogens (tertiary/aromatic N) is 2. The van der Waals surface area contributed by atoms with Crippen LogP contribution >= 0.6 is 0 Å². The highest BCUT2D eigenvalue weighted by Crippen LogP contribution is 2.29. The molecule has 0 amide bonds. The Morgan fingerprint density at radius 3 is 2.28 bits per heavy atom. The molecule has 3 rings (SSSR count). The van der Waals surface area contributed by atoms with Crippen LogP contribution in [-0.4, -0.2) is 29.8 Å². The minimum Gasteiger partial charge on any atom is -0.383 e. The normalized spacial score (nSPS) is 11.5. The lowest BCUT2D eigenvalue weighted by atomic mass is 10.1. The molecule has 0 saturated carbocycles. The summed E-state index contributed by atoms with van der Waals surface area (Å²) >= 11 is 0. The van der Waals surface area contributed by atoms with Crippen molar-refractivity contribution in [3.8, 4) is 0 Å². The van der Waals surface area contributed by atoms with E-state index in [9.17, 15) is 22.8 Å². The predicted octanol–water partition coefficient (Wildman–Crippen LogP) is 2.84. The number of ether oxygens (including phenoxy) is 1. The van der Waals surface area contributed by atoms with Crippen LogP contribution in [0.25, 0.3) is 0 Å². The van der Waals surface area contributed by atoms with Gasteiger partial charge in [0.1, 0.15) is 11.5 Å². The molecule has 2 aromatic carbocycles. The first-order valence-electron chi connectivity index (χ1n) is 9.77. The zero-order valence-electron chi connectivity index (χ0n) is 17.4. The molecule has 0 aliphatic rings. The average molecular weight is 448 g/mol. The third-order valence-corrected chi connectivity index (χ3v) is 4.93. The number of H-pyrrole nitrogens is 1. The minimum absolute atomic E-state index is 0.0365. The topological polar surface area (TPSA) is 93.3 Å². The number of hydrogen-bond acceptors (Lipinski definition) is 5. The number of rotatable bonds is 8. The number of halogens is 3. The Morgan fingerprint density at radius 1 is 1.03 bits per heavy atom. The van der Waals surface area contributed by atoms with Gasteiger partial charge >= 0.3 is 11.9 Å². The van der Waals surface area contributed by atoms with E-state index in [4.69, 9.17) is 10.5 Å². The first-order valence-corrected chi connectivity index (χ1v) is 9.77. The van der Waals surface area contributed by atoms with Crippen molar-refractivity contribution in [1.29, 1.82) is 0 Å². The zero-order chi connectivity index (χ0) is 23.3. The van der Waals surface area contributed by atoms with Crippen molar-refractivity contribution in [2.45, 2.75) is 19.3 Å². The number of benzene rings is 2. The Labute approximate surface area is 181 Å². The van der Waals surface area contributed by atoms with Crippen molar-refractivity contribution in [3.05, 3.63) is 92.1 Å². The van der Waals surface area contributed by atoms with E-state index >= 15 is 0 Å². The Balaban J connectivity index is 1.99. The molecule has 3 aromatic rings. The van der Waals surface area contributed by atoms with Gasteiger partial charge in [-0.05, 0) is 23.3 Å². The van der Waals surface area contributed by atoms with E-state index in [1.807, 2.05) is 30.3 Å². The SMILES string of the molecule is COCCN(Cc1ccc(C(F)(F)F)cc1)c1c(N)n(Cc2ccccc2)c(=O)[nH]c1=O. The Morgan fingerprint density at radius 2 is 1.69 bits per heavy atom. The number of alkyl halides is 3. The highest BCUT2D eigenvalue weighted by Gasteiger charge is 2.30. The van der Waals surface area contributed by atoms with Crippen LogP contribution in [0.5, 0.6) is 0 Å². The van der Waals surface area contributed by atoms with Crippen LogP contribution < -0.4 is 21.9 Å². The standard InChI is InChI=1S/C22H23F3N4O3/c1-32-12-11-28(13-16-7-9-17(10-8-16)22(23,24)25)18-19(26)29(21(31)27-20(18)30)14-15-5-3-2-4-6-15/h2-10H,11-14,26H2,1H3,(H,27,30,31). The number of methoxy groups -OCH3 is 1. The van der Waals surface area contributed by atoms with Gasteiger partial charge in [0.15, 0.2) is 0 Å². The van der Waals surface area contributed by atoms with E-state index in [1.54, 1.807) is 4.90 Å². The van der Waals surface area contributed by atoms with E-state index in [0.29, 0.717) is 5.56 Å². The van der Waals surface area contributed by atoms with Gasteiger partial charge in [-0.15, -0.1) is 0 Å². The van der Waals surface area contributed by atoms with Crippen molar-refractivity contribution in [1.82, 2.24) is 9.55 Å². The molecule has 0 spiro atoms. The smallest absolute Gasteiger partial charge is 0.383 e. The van der Waals surface area contributed by atoms with Crippen LogP contribution in [0.4, 0.5) is 24.7 Å². The number of nitrogens with two attached hydrogens (primary N) is 1. The van der Waals surface area contributed by atoms with Crippen molar-refractivity contribution in [2.24, 2.45) is 0 Å². The van der Waals surface area contributed by atoms with Gasteiger partial charge in [-0.3, -0.25) is 14.3 Å². The van der Waals surface area contributed by atoms with Gasteiger partial charge in [-0.1, -0.05) is 42.5 Å². The molecular weight excluding hydrogens is 425 g/mol. The molecule has 1 aromatic heterocycles. The number of aromatic amines is 1. The van der Waals surface area contributed by atoms with Gasteiger partial charge in [0.2, 0.25) is 0 Å². The maximum absolute atomic E-state index is 12.9. The van der Waals surface area contributed by atoms with E-state index < -0.39 is 23.0 Å². The molecule has 0 aliphatic carbocycles. The van der Waals surface area contributed by atoms with Gasteiger partial charge in [0.05, 0.1) is 18.7 Å². The Kier molecular flexibility index (Phi) is 7.04. The predicted molar refractivity (Wildman–Crippen MR) is 116 cm³/mol. The quantitative estimate of drug-likeness (QED) is 0.553. The van der Waals surface area contributed by atoms with Crippen molar-refractivity contribution in [2.75, 3.05) is 30.9 Å². The van der Waals surface area contributed by atoms with E-state index in [1.165, 1.54) is 23.8 Å². The second-order valence-electron chi connectivity index (χ2n) is 7.17. The van der Waals surface area contributed by atoms with Crippen LogP contribution in [0.3, 0.4) is 0 Å². The summed E-state index contributed by atoms with van der Waals surface area (Å²) in [6.07, 6.45) is -4.44. The number of anilines is 2. The van der Waals surface area contributed by atoms with Gasteiger partial charge in [-0.25, -0.2) is 4.79 Å². The molecule has 170 valence electrons. The Bertz CT molecular complexity index is 1160. The van der Waals surface area contributed by atoms with Gasteiger partial charge in [-0.2, -0.15) is 13.2 Å². The number of nitrogens with one attached hydrogen (secondary N) is 1. The van der Waals surface area contributed by atoms with Crippen molar-refractivity contribution >= 4 is 11.5 Å². The van der Waals surface area contributed by atoms with E-state index in [-0.39, 0.29) is 37.7 Å². The third kappa shape index (κ3) is 5.38. The molecule has 0 unspecified atom stereocenters. The largest absolute Gasteiger partial charge is 0.416 e. The lowest BCUT2D eigenvalue weighted by Crippen LogP contribution is -2.39.